The summed E-state index contributed by atoms with van der Waals surface area (Å²) in [4.78, 5) is 27.0. The van der Waals surface area contributed by atoms with Crippen LogP contribution in [0.2, 0.25) is 5.02 Å². The normalized spacial score (nSPS) is 19.3. The number of nitrogens with one attached hydrogen (secondary N) is 2. The number of amides is 1. The Balaban J connectivity index is 1.86. The predicted octanol–water partition coefficient (Wildman–Crippen LogP) is 5.83. The molecule has 4 rings (SSSR count). The number of carbonyl (C=O) groups is 2. The number of benzene rings is 2. The number of allylic oxidation sites excluding steroid dienone is 3. The van der Waals surface area contributed by atoms with E-state index in [1.807, 2.05) is 13.8 Å². The number of ether oxygens (including phenoxy) is 1. The highest BCUT2D eigenvalue weighted by atomic mass is 35.5. The van der Waals surface area contributed by atoms with Gasteiger partial charge in [-0.1, -0.05) is 25.4 Å². The van der Waals surface area contributed by atoms with Crippen LogP contribution in [0.5, 0.6) is 11.5 Å². The first kappa shape index (κ1) is 24.8. The second-order valence-electron chi connectivity index (χ2n) is 9.67. The smallest absolute Gasteiger partial charge is 0.254 e. The Morgan fingerprint density at radius 2 is 1.94 bits per heavy atom. The van der Waals surface area contributed by atoms with Gasteiger partial charge < -0.3 is 20.5 Å². The molecule has 2 aromatic carbocycles. The van der Waals surface area contributed by atoms with Crippen molar-refractivity contribution in [3.05, 3.63) is 75.3 Å². The number of Topliss-reactive ketones (excluding diaryl/α,β-unsaturated/α-hetero) is 1. The zero-order valence-electron chi connectivity index (χ0n) is 20.1. The van der Waals surface area contributed by atoms with E-state index in [0.29, 0.717) is 47.5 Å². The number of anilines is 1. The second kappa shape index (κ2) is 9.38. The molecule has 1 atom stereocenters. The molecule has 0 bridgehead atoms. The molecule has 2 aliphatic rings. The summed E-state index contributed by atoms with van der Waals surface area (Å²) in [5.74, 6) is -1.66. The molecular formula is C27H28ClFN2O4. The Morgan fingerprint density at radius 3 is 2.60 bits per heavy atom. The average molecular weight is 499 g/mol. The van der Waals surface area contributed by atoms with Crippen molar-refractivity contribution in [1.82, 2.24) is 5.32 Å². The maximum atomic E-state index is 13.6. The number of aromatic hydroxyl groups is 1. The number of hydrogen-bond acceptors (Lipinski definition) is 5. The molecule has 1 amide bonds. The van der Waals surface area contributed by atoms with E-state index in [9.17, 15) is 19.1 Å². The number of ketones is 1. The molecule has 184 valence electrons. The van der Waals surface area contributed by atoms with Crippen LogP contribution in [-0.4, -0.2) is 23.4 Å². The fraction of sp³-hybridized carbons (Fsp3) is 0.333. The minimum absolute atomic E-state index is 0.0597. The van der Waals surface area contributed by atoms with Crippen LogP contribution in [0.4, 0.5) is 10.1 Å². The van der Waals surface area contributed by atoms with E-state index in [2.05, 4.69) is 10.6 Å². The van der Waals surface area contributed by atoms with Crippen LogP contribution in [0, 0.1) is 11.2 Å². The highest BCUT2D eigenvalue weighted by Crippen LogP contribution is 2.49. The maximum Gasteiger partial charge on any atom is 0.254 e. The lowest BCUT2D eigenvalue weighted by Crippen LogP contribution is -2.39. The molecule has 0 saturated heterocycles. The van der Waals surface area contributed by atoms with Crippen LogP contribution < -0.4 is 15.4 Å². The Hall–Kier alpha value is -3.32. The molecule has 8 heteroatoms. The number of carbonyl (C=O) groups excluding carboxylic acids is 2. The zero-order valence-corrected chi connectivity index (χ0v) is 20.8. The van der Waals surface area contributed by atoms with Gasteiger partial charge in [0.1, 0.15) is 5.82 Å². The highest BCUT2D eigenvalue weighted by molar-refractivity contribution is 6.32. The van der Waals surface area contributed by atoms with Crippen LogP contribution in [0.15, 0.2) is 58.9 Å². The van der Waals surface area contributed by atoms with E-state index in [1.165, 1.54) is 24.3 Å². The first-order valence-corrected chi connectivity index (χ1v) is 11.8. The van der Waals surface area contributed by atoms with Gasteiger partial charge in [-0.15, -0.1) is 0 Å². The van der Waals surface area contributed by atoms with Gasteiger partial charge in [0.25, 0.3) is 5.91 Å². The standard InChI is InChI=1S/C27H28ClFN2O4/c1-5-35-21-11-15(10-18(28)25(21)33)23-22(26(34)31-17-8-6-16(29)7-9-17)14(2)30-19-12-27(3,4)13-20(32)24(19)23/h6-11,23,30,33H,5,12-13H2,1-4H3,(H,31,34). The molecule has 3 N–H and O–H groups in total. The molecule has 2 aromatic rings. The minimum atomic E-state index is -0.729. The number of phenols is 1. The van der Waals surface area contributed by atoms with Crippen molar-refractivity contribution < 1.29 is 23.8 Å². The van der Waals surface area contributed by atoms with Crippen molar-refractivity contribution in [2.24, 2.45) is 5.41 Å². The summed E-state index contributed by atoms with van der Waals surface area (Å²) in [5, 5.41) is 16.5. The number of halogens is 2. The number of phenolic OH excluding ortho intramolecular Hbond substituents is 1. The first-order valence-electron chi connectivity index (χ1n) is 11.5. The minimum Gasteiger partial charge on any atom is -0.503 e. The van der Waals surface area contributed by atoms with Crippen molar-refractivity contribution in [3.63, 3.8) is 0 Å². The van der Waals surface area contributed by atoms with Gasteiger partial charge in [-0.2, -0.15) is 0 Å². The summed E-state index contributed by atoms with van der Waals surface area (Å²) in [6, 6.07) is 8.64. The Labute approximate surface area is 208 Å². The lowest BCUT2D eigenvalue weighted by molar-refractivity contribution is -0.118. The third-order valence-corrected chi connectivity index (χ3v) is 6.56. The second-order valence-corrected chi connectivity index (χ2v) is 10.1. The van der Waals surface area contributed by atoms with Crippen molar-refractivity contribution in [2.45, 2.75) is 46.5 Å². The molecule has 0 aromatic heterocycles. The largest absolute Gasteiger partial charge is 0.503 e. The van der Waals surface area contributed by atoms with Gasteiger partial charge in [0.15, 0.2) is 17.3 Å². The Kier molecular flexibility index (Phi) is 6.64. The van der Waals surface area contributed by atoms with Crippen LogP contribution in [-0.2, 0) is 9.59 Å². The quantitative estimate of drug-likeness (QED) is 0.483. The summed E-state index contributed by atoms with van der Waals surface area (Å²) < 4.78 is 18.9. The van der Waals surface area contributed by atoms with Crippen LogP contribution >= 0.6 is 11.6 Å². The van der Waals surface area contributed by atoms with Gasteiger partial charge in [0.2, 0.25) is 0 Å². The topological polar surface area (TPSA) is 87.7 Å². The van der Waals surface area contributed by atoms with E-state index in [0.717, 1.165) is 5.70 Å². The fourth-order valence-corrected chi connectivity index (χ4v) is 5.05. The van der Waals surface area contributed by atoms with E-state index >= 15 is 0 Å². The van der Waals surface area contributed by atoms with E-state index in [1.54, 1.807) is 26.0 Å². The summed E-state index contributed by atoms with van der Waals surface area (Å²) in [6.07, 6.45) is 0.971. The predicted molar refractivity (Wildman–Crippen MR) is 133 cm³/mol. The summed E-state index contributed by atoms with van der Waals surface area (Å²) in [7, 11) is 0. The summed E-state index contributed by atoms with van der Waals surface area (Å²) in [6.45, 7) is 7.93. The van der Waals surface area contributed by atoms with Gasteiger partial charge in [0, 0.05) is 40.6 Å². The molecule has 0 fully saturated rings. The Bertz CT molecular complexity index is 1260. The van der Waals surface area contributed by atoms with Gasteiger partial charge in [0.05, 0.1) is 11.6 Å². The van der Waals surface area contributed by atoms with E-state index in [-0.39, 0.29) is 27.7 Å². The summed E-state index contributed by atoms with van der Waals surface area (Å²) in [5.41, 5.74) is 2.96. The molecule has 1 aliphatic heterocycles. The lowest BCUT2D eigenvalue weighted by atomic mass is 9.68. The van der Waals surface area contributed by atoms with Gasteiger partial charge in [-0.05, 0) is 67.6 Å². The molecule has 0 spiro atoms. The number of dihydropyridines is 1. The number of rotatable bonds is 5. The fourth-order valence-electron chi connectivity index (χ4n) is 4.83. The molecule has 1 heterocycles. The van der Waals surface area contributed by atoms with E-state index in [4.69, 9.17) is 16.3 Å². The maximum absolute atomic E-state index is 13.6. The van der Waals surface area contributed by atoms with Crippen LogP contribution in [0.25, 0.3) is 0 Å². The highest BCUT2D eigenvalue weighted by Gasteiger charge is 2.43. The monoisotopic (exact) mass is 498 g/mol. The average Bonchev–Trinajstić information content (AvgIpc) is 2.76. The molecule has 1 unspecified atom stereocenters. The lowest BCUT2D eigenvalue weighted by Gasteiger charge is -2.39. The first-order chi connectivity index (χ1) is 16.5. The molecule has 6 nitrogen and oxygen atoms in total. The Morgan fingerprint density at radius 1 is 1.26 bits per heavy atom. The third-order valence-electron chi connectivity index (χ3n) is 6.27. The van der Waals surface area contributed by atoms with Gasteiger partial charge in [-0.3, -0.25) is 9.59 Å². The third kappa shape index (κ3) is 4.91. The zero-order chi connectivity index (χ0) is 25.5. The molecule has 1 aliphatic carbocycles. The molecular weight excluding hydrogens is 471 g/mol. The SMILES string of the molecule is CCOc1cc(C2C(C(=O)Nc3ccc(F)cc3)=C(C)NC3=C2C(=O)CC(C)(C)C3)cc(Cl)c1O. The molecule has 0 saturated carbocycles. The number of hydrogen-bond donors (Lipinski definition) is 3. The van der Waals surface area contributed by atoms with Crippen molar-refractivity contribution in [3.8, 4) is 11.5 Å². The molecule has 0 radical (unpaired) electrons. The van der Waals surface area contributed by atoms with Gasteiger partial charge in [-0.25, -0.2) is 4.39 Å². The van der Waals surface area contributed by atoms with E-state index < -0.39 is 17.6 Å². The van der Waals surface area contributed by atoms with Crippen molar-refractivity contribution in [2.75, 3.05) is 11.9 Å². The van der Waals surface area contributed by atoms with Crippen LogP contribution in [0.3, 0.4) is 0 Å². The van der Waals surface area contributed by atoms with Crippen LogP contribution in [0.1, 0.15) is 52.0 Å². The van der Waals surface area contributed by atoms with Crippen molar-refractivity contribution >= 4 is 29.0 Å². The van der Waals surface area contributed by atoms with Crippen molar-refractivity contribution in [1.29, 1.82) is 0 Å². The molecule has 35 heavy (non-hydrogen) atoms. The summed E-state index contributed by atoms with van der Waals surface area (Å²) >= 11 is 6.34. The van der Waals surface area contributed by atoms with Gasteiger partial charge >= 0.3 is 0 Å².